The van der Waals surface area contributed by atoms with E-state index in [4.69, 9.17) is 5.11 Å². The Balaban J connectivity index is 2.72. The number of aliphatic hydroxyl groups is 1. The van der Waals surface area contributed by atoms with E-state index in [1.165, 1.54) is 24.6 Å². The van der Waals surface area contributed by atoms with Gasteiger partial charge in [-0.3, -0.25) is 0 Å². The lowest BCUT2D eigenvalue weighted by Gasteiger charge is -1.83. The van der Waals surface area contributed by atoms with Gasteiger partial charge in [0.05, 0.1) is 18.6 Å². The lowest BCUT2D eigenvalue weighted by atomic mass is 10.6. The average Bonchev–Trinajstić information content (AvgIpc) is 2.61. The minimum absolute atomic E-state index is 0.0580. The molecule has 68 valence electrons. The van der Waals surface area contributed by atoms with Crippen molar-refractivity contribution in [1.29, 1.82) is 0 Å². The Morgan fingerprint density at radius 1 is 1.85 bits per heavy atom. The van der Waals surface area contributed by atoms with Crippen LogP contribution in [0.15, 0.2) is 6.20 Å². The number of aliphatic hydroxyl groups excluding tert-OH is 1. The van der Waals surface area contributed by atoms with Crippen LogP contribution in [0.5, 0.6) is 0 Å². The molecule has 1 aromatic rings. The van der Waals surface area contributed by atoms with Crippen molar-refractivity contribution < 1.29 is 14.6 Å². The fourth-order valence-corrected chi connectivity index (χ4v) is 1.22. The van der Waals surface area contributed by atoms with Crippen LogP contribution < -0.4 is 0 Å². The molecular weight excluding hydrogens is 190 g/mol. The second kappa shape index (κ2) is 4.60. The van der Waals surface area contributed by atoms with Gasteiger partial charge in [-0.25, -0.2) is 9.78 Å². The molecule has 13 heavy (non-hydrogen) atoms. The lowest BCUT2D eigenvalue weighted by molar-refractivity contribution is -0.133. The summed E-state index contributed by atoms with van der Waals surface area (Å²) in [6, 6.07) is 0. The summed E-state index contributed by atoms with van der Waals surface area (Å²) in [5, 5.41) is 9.20. The van der Waals surface area contributed by atoms with Crippen LogP contribution in [0.1, 0.15) is 9.88 Å². The highest BCUT2D eigenvalue weighted by Gasteiger charge is 1.97. The van der Waals surface area contributed by atoms with Gasteiger partial charge >= 0.3 is 5.97 Å². The molecule has 0 bridgehead atoms. The number of nitrogens with zero attached hydrogens (tertiary/aromatic N) is 1. The second-order valence-electron chi connectivity index (χ2n) is 2.03. The van der Waals surface area contributed by atoms with Gasteiger partial charge in [0.25, 0.3) is 0 Å². The first-order valence-electron chi connectivity index (χ1n) is 3.42. The van der Waals surface area contributed by atoms with Gasteiger partial charge < -0.3 is 9.84 Å². The predicted octanol–water partition coefficient (Wildman–Crippen LogP) is 0.160. The van der Waals surface area contributed by atoms with Crippen molar-refractivity contribution in [2.24, 2.45) is 0 Å². The van der Waals surface area contributed by atoms with Crippen molar-refractivity contribution in [3.05, 3.63) is 16.1 Å². The molecule has 0 aromatic carbocycles. The number of esters is 1. The molecule has 1 rings (SSSR count). The van der Waals surface area contributed by atoms with E-state index < -0.39 is 5.97 Å². The molecule has 0 atom stereocenters. The maximum absolute atomic E-state index is 10.6. The number of carbonyl (C=O) groups is 1. The zero-order valence-corrected chi connectivity index (χ0v) is 7.72. The molecule has 0 saturated heterocycles. The summed E-state index contributed by atoms with van der Waals surface area (Å²) in [5.41, 5.74) is 0. The Morgan fingerprint density at radius 3 is 3.15 bits per heavy atom. The molecule has 0 spiro atoms. The zero-order valence-electron chi connectivity index (χ0n) is 6.90. The first-order valence-corrected chi connectivity index (χ1v) is 4.23. The summed E-state index contributed by atoms with van der Waals surface area (Å²) < 4.78 is 4.32. The molecule has 0 radical (unpaired) electrons. The fraction of sp³-hybridized carbons (Fsp3) is 0.250. The first-order chi connectivity index (χ1) is 6.26. The van der Waals surface area contributed by atoms with Crippen LogP contribution in [-0.4, -0.2) is 23.2 Å². The topological polar surface area (TPSA) is 59.4 Å². The van der Waals surface area contributed by atoms with Gasteiger partial charge in [-0.1, -0.05) is 0 Å². The molecule has 1 heterocycles. The molecule has 1 N–H and O–H groups in total. The van der Waals surface area contributed by atoms with Crippen molar-refractivity contribution in [2.45, 2.75) is 6.61 Å². The molecule has 0 fully saturated rings. The van der Waals surface area contributed by atoms with Gasteiger partial charge in [-0.05, 0) is 5.92 Å². The molecular formula is C8H7NO3S. The summed E-state index contributed by atoms with van der Waals surface area (Å²) in [6.45, 7) is -0.0580. The van der Waals surface area contributed by atoms with Gasteiger partial charge in [-0.2, -0.15) is 0 Å². The molecule has 0 aliphatic heterocycles. The molecule has 0 unspecified atom stereocenters. The van der Waals surface area contributed by atoms with Crippen molar-refractivity contribution in [3.8, 4) is 11.8 Å². The SMILES string of the molecule is COC(=O)C#Cc1ncc(CO)s1. The van der Waals surface area contributed by atoms with Crippen LogP contribution in [0.25, 0.3) is 0 Å². The van der Waals surface area contributed by atoms with Crippen LogP contribution in [0.4, 0.5) is 0 Å². The summed E-state index contributed by atoms with van der Waals surface area (Å²) in [4.78, 5) is 15.2. The molecule has 0 saturated carbocycles. The van der Waals surface area contributed by atoms with E-state index in [0.717, 1.165) is 0 Å². The van der Waals surface area contributed by atoms with Gasteiger partial charge in [-0.15, -0.1) is 11.3 Å². The van der Waals surface area contributed by atoms with Crippen LogP contribution >= 0.6 is 11.3 Å². The predicted molar refractivity (Wildman–Crippen MR) is 46.9 cm³/mol. The van der Waals surface area contributed by atoms with Crippen molar-refractivity contribution in [3.63, 3.8) is 0 Å². The summed E-state index contributed by atoms with van der Waals surface area (Å²) >= 11 is 1.24. The lowest BCUT2D eigenvalue weighted by Crippen LogP contribution is -1.94. The smallest absolute Gasteiger partial charge is 0.384 e. The number of aromatic nitrogens is 1. The van der Waals surface area contributed by atoms with Gasteiger partial charge in [0.2, 0.25) is 0 Å². The Kier molecular flexibility index (Phi) is 3.43. The van der Waals surface area contributed by atoms with E-state index in [-0.39, 0.29) is 6.61 Å². The normalized spacial score (nSPS) is 8.77. The van der Waals surface area contributed by atoms with Gasteiger partial charge in [0.15, 0.2) is 5.01 Å². The van der Waals surface area contributed by atoms with Crippen LogP contribution in [-0.2, 0) is 16.1 Å². The maximum atomic E-state index is 10.6. The van der Waals surface area contributed by atoms with Crippen LogP contribution in [0, 0.1) is 11.8 Å². The monoisotopic (exact) mass is 197 g/mol. The fourth-order valence-electron chi connectivity index (χ4n) is 0.594. The van der Waals surface area contributed by atoms with Crippen molar-refractivity contribution in [1.82, 2.24) is 4.98 Å². The standard InChI is InChI=1S/C8H7NO3S/c1-12-8(11)3-2-7-9-4-6(5-10)13-7/h4,10H,5H2,1H3. The second-order valence-corrected chi connectivity index (χ2v) is 3.15. The Hall–Kier alpha value is -1.38. The molecule has 0 amide bonds. The highest BCUT2D eigenvalue weighted by molar-refractivity contribution is 7.12. The third-order valence-electron chi connectivity index (χ3n) is 1.17. The van der Waals surface area contributed by atoms with Crippen LogP contribution in [0.3, 0.4) is 0 Å². The van der Waals surface area contributed by atoms with Gasteiger partial charge in [0, 0.05) is 12.1 Å². The zero-order chi connectivity index (χ0) is 9.68. The Bertz CT molecular complexity index is 361. The third kappa shape index (κ3) is 2.86. The number of hydrogen-bond acceptors (Lipinski definition) is 5. The highest BCUT2D eigenvalue weighted by Crippen LogP contribution is 2.10. The molecule has 5 heteroatoms. The number of rotatable bonds is 1. The minimum Gasteiger partial charge on any atom is -0.459 e. The maximum Gasteiger partial charge on any atom is 0.384 e. The van der Waals surface area contributed by atoms with E-state index in [2.05, 4.69) is 21.6 Å². The quantitative estimate of drug-likeness (QED) is 0.514. The Labute approximate surface area is 79.2 Å². The molecule has 0 aliphatic rings. The molecule has 0 aliphatic carbocycles. The number of carbonyl (C=O) groups excluding carboxylic acids is 1. The van der Waals surface area contributed by atoms with E-state index in [9.17, 15) is 4.79 Å². The highest BCUT2D eigenvalue weighted by atomic mass is 32.1. The number of ether oxygens (including phenoxy) is 1. The van der Waals surface area contributed by atoms with Crippen molar-refractivity contribution in [2.75, 3.05) is 7.11 Å². The third-order valence-corrected chi connectivity index (χ3v) is 2.06. The van der Waals surface area contributed by atoms with Gasteiger partial charge in [0.1, 0.15) is 0 Å². The average molecular weight is 197 g/mol. The largest absolute Gasteiger partial charge is 0.459 e. The van der Waals surface area contributed by atoms with E-state index in [0.29, 0.717) is 9.88 Å². The summed E-state index contributed by atoms with van der Waals surface area (Å²) in [7, 11) is 1.26. The number of thiazole rings is 1. The summed E-state index contributed by atoms with van der Waals surface area (Å²) in [5.74, 6) is 4.17. The van der Waals surface area contributed by atoms with E-state index in [1.54, 1.807) is 0 Å². The Morgan fingerprint density at radius 2 is 2.62 bits per heavy atom. The number of hydrogen-bond donors (Lipinski definition) is 1. The summed E-state index contributed by atoms with van der Waals surface area (Å²) in [6.07, 6.45) is 1.52. The molecule has 4 nitrogen and oxygen atoms in total. The minimum atomic E-state index is -0.597. The first kappa shape index (κ1) is 9.71. The van der Waals surface area contributed by atoms with E-state index in [1.807, 2.05) is 0 Å². The van der Waals surface area contributed by atoms with Crippen LogP contribution in [0.2, 0.25) is 0 Å². The van der Waals surface area contributed by atoms with E-state index >= 15 is 0 Å². The molecule has 1 aromatic heterocycles. The van der Waals surface area contributed by atoms with Crippen molar-refractivity contribution >= 4 is 17.3 Å². The number of methoxy groups -OCH3 is 1.